The van der Waals surface area contributed by atoms with Crippen molar-refractivity contribution in [1.82, 2.24) is 9.88 Å². The van der Waals surface area contributed by atoms with Crippen LogP contribution in [0.4, 0.5) is 4.39 Å². The number of hydrogen-bond donors (Lipinski definition) is 2. The van der Waals surface area contributed by atoms with E-state index in [1.807, 2.05) is 24.3 Å². The van der Waals surface area contributed by atoms with Gasteiger partial charge in [0, 0.05) is 29.6 Å². The van der Waals surface area contributed by atoms with E-state index >= 15 is 0 Å². The standard InChI is InChI=1S/C28H27FN2O/c29-25-11-5-10-23-24-15-21-18-31(17-19-6-2-1-3-7-19)13-12-28(21,16-26(24)30-27(23)25)20-8-4-9-22(32)14-20/h1-11,14,21,30,32H,12-13,15-18H2. The van der Waals surface area contributed by atoms with Gasteiger partial charge in [0.25, 0.3) is 0 Å². The Labute approximate surface area is 187 Å². The first-order chi connectivity index (χ1) is 15.6. The molecule has 3 nitrogen and oxygen atoms in total. The summed E-state index contributed by atoms with van der Waals surface area (Å²) in [6, 6.07) is 23.8. The van der Waals surface area contributed by atoms with Crippen molar-refractivity contribution in [3.8, 4) is 5.75 Å². The molecule has 2 heterocycles. The van der Waals surface area contributed by atoms with Crippen molar-refractivity contribution in [1.29, 1.82) is 0 Å². The van der Waals surface area contributed by atoms with Gasteiger partial charge in [-0.15, -0.1) is 0 Å². The SMILES string of the molecule is Oc1cccc(C23CCN(Cc4ccccc4)CC2Cc2c([nH]c4c(F)cccc24)C3)c1. The molecule has 4 heteroatoms. The van der Waals surface area contributed by atoms with Crippen LogP contribution < -0.4 is 0 Å². The number of phenolic OH excluding ortho intramolecular Hbond substituents is 1. The van der Waals surface area contributed by atoms with Crippen LogP contribution in [0.15, 0.2) is 72.8 Å². The summed E-state index contributed by atoms with van der Waals surface area (Å²) in [4.78, 5) is 5.98. The molecule has 1 aliphatic carbocycles. The molecule has 2 aliphatic rings. The third kappa shape index (κ3) is 3.13. The van der Waals surface area contributed by atoms with E-state index in [0.717, 1.165) is 50.0 Å². The van der Waals surface area contributed by atoms with Crippen molar-refractivity contribution in [2.24, 2.45) is 5.92 Å². The molecule has 0 spiro atoms. The van der Waals surface area contributed by atoms with Gasteiger partial charge in [-0.05, 0) is 66.6 Å². The molecule has 2 atom stereocenters. The van der Waals surface area contributed by atoms with Gasteiger partial charge in [-0.2, -0.15) is 0 Å². The Morgan fingerprint density at radius 3 is 2.72 bits per heavy atom. The molecule has 1 aromatic heterocycles. The molecule has 1 saturated heterocycles. The summed E-state index contributed by atoms with van der Waals surface area (Å²) < 4.78 is 14.5. The lowest BCUT2D eigenvalue weighted by Gasteiger charge is -2.51. The fourth-order valence-electron chi connectivity index (χ4n) is 6.15. The van der Waals surface area contributed by atoms with Crippen LogP contribution in [0.25, 0.3) is 10.9 Å². The molecule has 6 rings (SSSR count). The predicted octanol–water partition coefficient (Wildman–Crippen LogP) is 5.57. The minimum absolute atomic E-state index is 0.0592. The lowest BCUT2D eigenvalue weighted by atomic mass is 9.58. The quantitative estimate of drug-likeness (QED) is 0.449. The second kappa shape index (κ2) is 7.49. The average molecular weight is 427 g/mol. The van der Waals surface area contributed by atoms with Gasteiger partial charge in [0.05, 0.1) is 5.52 Å². The number of rotatable bonds is 3. The van der Waals surface area contributed by atoms with Crippen LogP contribution >= 0.6 is 0 Å². The number of hydrogen-bond acceptors (Lipinski definition) is 2. The van der Waals surface area contributed by atoms with Crippen molar-refractivity contribution in [2.75, 3.05) is 13.1 Å². The number of piperidine rings is 1. The van der Waals surface area contributed by atoms with Crippen molar-refractivity contribution in [3.05, 3.63) is 101 Å². The zero-order valence-electron chi connectivity index (χ0n) is 18.0. The first-order valence-corrected chi connectivity index (χ1v) is 11.5. The summed E-state index contributed by atoms with van der Waals surface area (Å²) in [5.74, 6) is 0.532. The zero-order valence-corrected chi connectivity index (χ0v) is 18.0. The number of phenols is 1. The molecule has 0 radical (unpaired) electrons. The van der Waals surface area contributed by atoms with Gasteiger partial charge in [0.1, 0.15) is 11.6 Å². The summed E-state index contributed by atoms with van der Waals surface area (Å²) in [6.07, 6.45) is 2.79. The third-order valence-electron chi connectivity index (χ3n) is 7.73. The summed E-state index contributed by atoms with van der Waals surface area (Å²) in [6.45, 7) is 2.94. The lowest BCUT2D eigenvalue weighted by Crippen LogP contribution is -2.53. The molecule has 1 fully saturated rings. The number of aromatic hydroxyl groups is 1. The second-order valence-electron chi connectivity index (χ2n) is 9.50. The van der Waals surface area contributed by atoms with Gasteiger partial charge < -0.3 is 10.1 Å². The van der Waals surface area contributed by atoms with E-state index in [-0.39, 0.29) is 11.2 Å². The van der Waals surface area contributed by atoms with Crippen LogP contribution in [-0.4, -0.2) is 28.1 Å². The maximum Gasteiger partial charge on any atom is 0.147 e. The third-order valence-corrected chi connectivity index (χ3v) is 7.73. The Morgan fingerprint density at radius 1 is 1.03 bits per heavy atom. The van der Waals surface area contributed by atoms with Gasteiger partial charge in [0.2, 0.25) is 0 Å². The number of likely N-dealkylation sites (tertiary alicyclic amines) is 1. The molecule has 1 aliphatic heterocycles. The van der Waals surface area contributed by atoms with E-state index in [9.17, 15) is 9.50 Å². The number of aromatic nitrogens is 1. The summed E-state index contributed by atoms with van der Waals surface area (Å²) in [5.41, 5.74) is 5.53. The van der Waals surface area contributed by atoms with Crippen LogP contribution in [-0.2, 0) is 24.8 Å². The predicted molar refractivity (Wildman–Crippen MR) is 125 cm³/mol. The molecule has 162 valence electrons. The van der Waals surface area contributed by atoms with E-state index in [4.69, 9.17) is 0 Å². The highest BCUT2D eigenvalue weighted by atomic mass is 19.1. The second-order valence-corrected chi connectivity index (χ2v) is 9.50. The van der Waals surface area contributed by atoms with Gasteiger partial charge >= 0.3 is 0 Å². The van der Waals surface area contributed by atoms with Crippen LogP contribution in [0.2, 0.25) is 0 Å². The lowest BCUT2D eigenvalue weighted by molar-refractivity contribution is 0.0765. The number of H-pyrrole nitrogens is 1. The number of nitrogens with one attached hydrogen (secondary N) is 1. The number of halogens is 1. The Morgan fingerprint density at radius 2 is 1.88 bits per heavy atom. The van der Waals surface area contributed by atoms with E-state index < -0.39 is 0 Å². The monoisotopic (exact) mass is 426 g/mol. The number of para-hydroxylation sites is 1. The Hall–Kier alpha value is -3.11. The highest BCUT2D eigenvalue weighted by molar-refractivity contribution is 5.85. The number of nitrogens with zero attached hydrogens (tertiary/aromatic N) is 1. The molecule has 3 aromatic carbocycles. The molecule has 2 N–H and O–H groups in total. The normalized spacial score (nSPS) is 23.1. The van der Waals surface area contributed by atoms with E-state index in [1.54, 1.807) is 6.07 Å². The van der Waals surface area contributed by atoms with Crippen molar-refractivity contribution in [2.45, 2.75) is 31.2 Å². The van der Waals surface area contributed by atoms with Gasteiger partial charge in [0.15, 0.2) is 0 Å². The molecule has 32 heavy (non-hydrogen) atoms. The van der Waals surface area contributed by atoms with E-state index in [1.165, 1.54) is 22.8 Å². The minimum atomic E-state index is -0.183. The van der Waals surface area contributed by atoms with Gasteiger partial charge in [-0.1, -0.05) is 54.6 Å². The van der Waals surface area contributed by atoms with E-state index in [0.29, 0.717) is 17.2 Å². The van der Waals surface area contributed by atoms with Crippen molar-refractivity contribution >= 4 is 10.9 Å². The van der Waals surface area contributed by atoms with Crippen LogP contribution in [0.1, 0.15) is 28.8 Å². The topological polar surface area (TPSA) is 39.3 Å². The summed E-state index contributed by atoms with van der Waals surface area (Å²) >= 11 is 0. The minimum Gasteiger partial charge on any atom is -0.508 e. The Kier molecular flexibility index (Phi) is 4.58. The number of fused-ring (bicyclic) bond motifs is 4. The molecule has 2 unspecified atom stereocenters. The van der Waals surface area contributed by atoms with Crippen LogP contribution in [0.5, 0.6) is 5.75 Å². The average Bonchev–Trinajstić information content (AvgIpc) is 3.17. The first kappa shape index (κ1) is 19.6. The number of aromatic amines is 1. The summed E-state index contributed by atoms with van der Waals surface area (Å²) in [7, 11) is 0. The highest BCUT2D eigenvalue weighted by Gasteiger charge is 2.48. The maximum absolute atomic E-state index is 14.5. The summed E-state index contributed by atoms with van der Waals surface area (Å²) in [5, 5.41) is 11.3. The molecule has 0 bridgehead atoms. The van der Waals surface area contributed by atoms with Crippen molar-refractivity contribution in [3.63, 3.8) is 0 Å². The van der Waals surface area contributed by atoms with Gasteiger partial charge in [-0.25, -0.2) is 4.39 Å². The largest absolute Gasteiger partial charge is 0.508 e. The molecule has 4 aromatic rings. The van der Waals surface area contributed by atoms with Gasteiger partial charge in [-0.3, -0.25) is 4.90 Å². The molecular formula is C28H27FN2O. The van der Waals surface area contributed by atoms with Crippen LogP contribution in [0.3, 0.4) is 0 Å². The maximum atomic E-state index is 14.5. The zero-order chi connectivity index (χ0) is 21.7. The van der Waals surface area contributed by atoms with Crippen LogP contribution in [0, 0.1) is 11.7 Å². The molecule has 0 saturated carbocycles. The molecule has 0 amide bonds. The Bertz CT molecular complexity index is 1280. The highest BCUT2D eigenvalue weighted by Crippen LogP contribution is 2.49. The van der Waals surface area contributed by atoms with E-state index in [2.05, 4.69) is 46.3 Å². The smallest absolute Gasteiger partial charge is 0.147 e. The molecular weight excluding hydrogens is 399 g/mol. The Balaban J connectivity index is 1.42. The fourth-order valence-corrected chi connectivity index (χ4v) is 6.15. The van der Waals surface area contributed by atoms with Crippen molar-refractivity contribution < 1.29 is 9.50 Å². The fraction of sp³-hybridized carbons (Fsp3) is 0.286. The number of benzene rings is 3. The first-order valence-electron chi connectivity index (χ1n) is 11.5.